The fourth-order valence-electron chi connectivity index (χ4n) is 4.37. The molecule has 1 saturated heterocycles. The van der Waals surface area contributed by atoms with E-state index < -0.39 is 0 Å². The van der Waals surface area contributed by atoms with E-state index in [1.807, 2.05) is 24.4 Å². The highest BCUT2D eigenvalue weighted by Crippen LogP contribution is 2.34. The van der Waals surface area contributed by atoms with Gasteiger partial charge in [0.25, 0.3) is 0 Å². The molecule has 0 N–H and O–H groups in total. The van der Waals surface area contributed by atoms with Gasteiger partial charge in [-0.25, -0.2) is 0 Å². The molecule has 1 fully saturated rings. The van der Waals surface area contributed by atoms with Crippen LogP contribution in [0.15, 0.2) is 42.7 Å². The molecular weight excluding hydrogens is 324 g/mol. The van der Waals surface area contributed by atoms with Crippen LogP contribution in [0, 0.1) is 5.92 Å². The van der Waals surface area contributed by atoms with Crippen molar-refractivity contribution in [1.82, 2.24) is 19.4 Å². The summed E-state index contributed by atoms with van der Waals surface area (Å²) >= 11 is 0. The van der Waals surface area contributed by atoms with Gasteiger partial charge in [0.15, 0.2) is 0 Å². The van der Waals surface area contributed by atoms with Crippen molar-refractivity contribution in [1.29, 1.82) is 0 Å². The molecule has 1 amide bonds. The fraction of sp³-hybridized carbons (Fsp3) is 0.524. The summed E-state index contributed by atoms with van der Waals surface area (Å²) in [6, 6.07) is 10.7. The van der Waals surface area contributed by atoms with Crippen molar-refractivity contribution in [3.05, 3.63) is 54.1 Å². The lowest BCUT2D eigenvalue weighted by Gasteiger charge is -2.41. The largest absolute Gasteiger partial charge is 0.347 e. The molecule has 2 aliphatic heterocycles. The Morgan fingerprint density at radius 1 is 1.08 bits per heavy atom. The van der Waals surface area contributed by atoms with E-state index in [0.29, 0.717) is 11.9 Å². The second kappa shape index (κ2) is 7.23. The van der Waals surface area contributed by atoms with E-state index in [0.717, 1.165) is 44.7 Å². The number of rotatable bonds is 3. The average Bonchev–Trinajstić information content (AvgIpc) is 3.16. The van der Waals surface area contributed by atoms with Crippen molar-refractivity contribution in [2.45, 2.75) is 45.3 Å². The number of aromatic nitrogens is 2. The minimum Gasteiger partial charge on any atom is -0.347 e. The molecule has 4 rings (SSSR count). The number of likely N-dealkylation sites (tertiary alicyclic amines) is 1. The minimum absolute atomic E-state index is 0.0735. The molecule has 5 heteroatoms. The first-order valence-electron chi connectivity index (χ1n) is 9.75. The Labute approximate surface area is 155 Å². The fourth-order valence-corrected chi connectivity index (χ4v) is 4.37. The summed E-state index contributed by atoms with van der Waals surface area (Å²) in [5, 5.41) is 0. The quantitative estimate of drug-likeness (QED) is 0.853. The molecule has 1 unspecified atom stereocenters. The molecule has 0 aliphatic carbocycles. The maximum Gasteiger partial charge on any atom is 0.226 e. The smallest absolute Gasteiger partial charge is 0.226 e. The number of hydrogen-bond donors (Lipinski definition) is 0. The summed E-state index contributed by atoms with van der Waals surface area (Å²) in [5.74, 6) is 0.439. The normalized spacial score (nSPS) is 21.8. The van der Waals surface area contributed by atoms with E-state index in [1.54, 1.807) is 0 Å². The van der Waals surface area contributed by atoms with Crippen molar-refractivity contribution >= 4 is 5.91 Å². The van der Waals surface area contributed by atoms with Gasteiger partial charge >= 0.3 is 0 Å². The molecule has 0 aromatic carbocycles. The van der Waals surface area contributed by atoms with Gasteiger partial charge in [0.05, 0.1) is 5.69 Å². The van der Waals surface area contributed by atoms with Gasteiger partial charge in [0.2, 0.25) is 5.91 Å². The highest BCUT2D eigenvalue weighted by atomic mass is 16.2. The standard InChI is InChI=1S/C21H28N4O/c1-16(2)23-12-8-17(9-13-23)21(26)25-15-14-24-11-5-7-19(24)20(25)18-6-3-4-10-22-18/h3-7,10-11,16-17,20H,8-9,12-15H2,1-2H3. The number of carbonyl (C=O) groups is 1. The highest BCUT2D eigenvalue weighted by molar-refractivity contribution is 5.80. The number of carbonyl (C=O) groups excluding carboxylic acids is 1. The van der Waals surface area contributed by atoms with Gasteiger partial charge in [-0.05, 0) is 64.0 Å². The van der Waals surface area contributed by atoms with Gasteiger partial charge < -0.3 is 14.4 Å². The predicted molar refractivity (Wildman–Crippen MR) is 102 cm³/mol. The molecule has 138 valence electrons. The summed E-state index contributed by atoms with van der Waals surface area (Å²) in [7, 11) is 0. The second-order valence-corrected chi connectivity index (χ2v) is 7.72. The Hall–Kier alpha value is -2.14. The van der Waals surface area contributed by atoms with E-state index in [1.165, 1.54) is 5.69 Å². The molecule has 2 aliphatic rings. The Bertz CT molecular complexity index is 746. The third kappa shape index (κ3) is 3.16. The van der Waals surface area contributed by atoms with Gasteiger partial charge in [0, 0.05) is 43.1 Å². The topological polar surface area (TPSA) is 41.4 Å². The van der Waals surface area contributed by atoms with E-state index in [9.17, 15) is 4.79 Å². The zero-order chi connectivity index (χ0) is 18.1. The molecule has 0 saturated carbocycles. The van der Waals surface area contributed by atoms with Crippen molar-refractivity contribution < 1.29 is 4.79 Å². The molecule has 2 aromatic heterocycles. The summed E-state index contributed by atoms with van der Waals surface area (Å²) < 4.78 is 2.25. The molecular formula is C21H28N4O. The van der Waals surface area contributed by atoms with Crippen LogP contribution in [0.2, 0.25) is 0 Å². The van der Waals surface area contributed by atoms with Crippen molar-refractivity contribution in [3.8, 4) is 0 Å². The second-order valence-electron chi connectivity index (χ2n) is 7.72. The summed E-state index contributed by atoms with van der Waals surface area (Å²) in [4.78, 5) is 22.5. The molecule has 1 atom stereocenters. The third-order valence-electron chi connectivity index (χ3n) is 5.90. The molecule has 0 bridgehead atoms. The predicted octanol–water partition coefficient (Wildman–Crippen LogP) is 2.94. The molecule has 5 nitrogen and oxygen atoms in total. The lowest BCUT2D eigenvalue weighted by Crippen LogP contribution is -2.48. The monoisotopic (exact) mass is 352 g/mol. The number of pyridine rings is 1. The SMILES string of the molecule is CC(C)N1CCC(C(=O)N2CCn3cccc3C2c2ccccn2)CC1. The molecule has 0 radical (unpaired) electrons. The average molecular weight is 352 g/mol. The molecule has 0 spiro atoms. The van der Waals surface area contributed by atoms with Crippen LogP contribution in [0.25, 0.3) is 0 Å². The lowest BCUT2D eigenvalue weighted by molar-refractivity contribution is -0.140. The summed E-state index contributed by atoms with van der Waals surface area (Å²) in [5.41, 5.74) is 2.13. The van der Waals surface area contributed by atoms with Crippen molar-refractivity contribution in [2.75, 3.05) is 19.6 Å². The first kappa shape index (κ1) is 17.3. The van der Waals surface area contributed by atoms with Crippen LogP contribution in [0.4, 0.5) is 0 Å². The van der Waals surface area contributed by atoms with Crippen LogP contribution in [0.1, 0.15) is 44.1 Å². The zero-order valence-electron chi connectivity index (χ0n) is 15.7. The number of hydrogen-bond acceptors (Lipinski definition) is 3. The summed E-state index contributed by atoms with van der Waals surface area (Å²) in [6.07, 6.45) is 5.85. The van der Waals surface area contributed by atoms with Crippen LogP contribution < -0.4 is 0 Å². The van der Waals surface area contributed by atoms with E-state index in [4.69, 9.17) is 0 Å². The Balaban J connectivity index is 1.58. The van der Waals surface area contributed by atoms with Crippen LogP contribution in [0.3, 0.4) is 0 Å². The Kier molecular flexibility index (Phi) is 4.81. The minimum atomic E-state index is -0.0735. The molecule has 4 heterocycles. The van der Waals surface area contributed by atoms with E-state index in [2.05, 4.69) is 51.5 Å². The van der Waals surface area contributed by atoms with Gasteiger partial charge in [0.1, 0.15) is 6.04 Å². The third-order valence-corrected chi connectivity index (χ3v) is 5.90. The number of nitrogens with zero attached hydrogens (tertiary/aromatic N) is 4. The molecule has 26 heavy (non-hydrogen) atoms. The van der Waals surface area contributed by atoms with Crippen LogP contribution >= 0.6 is 0 Å². The van der Waals surface area contributed by atoms with Crippen LogP contribution in [0.5, 0.6) is 0 Å². The molecule has 2 aromatic rings. The number of amides is 1. The Morgan fingerprint density at radius 3 is 2.58 bits per heavy atom. The first-order chi connectivity index (χ1) is 12.6. The zero-order valence-corrected chi connectivity index (χ0v) is 15.7. The Morgan fingerprint density at radius 2 is 1.88 bits per heavy atom. The van der Waals surface area contributed by atoms with Gasteiger partial charge in [-0.1, -0.05) is 6.07 Å². The van der Waals surface area contributed by atoms with Gasteiger partial charge in [-0.15, -0.1) is 0 Å². The van der Waals surface area contributed by atoms with E-state index >= 15 is 0 Å². The number of piperidine rings is 1. The van der Waals surface area contributed by atoms with Gasteiger partial charge in [-0.3, -0.25) is 9.78 Å². The van der Waals surface area contributed by atoms with E-state index in [-0.39, 0.29) is 12.0 Å². The highest BCUT2D eigenvalue weighted by Gasteiger charge is 2.37. The summed E-state index contributed by atoms with van der Waals surface area (Å²) in [6.45, 7) is 8.13. The maximum absolute atomic E-state index is 13.4. The lowest BCUT2D eigenvalue weighted by atomic mass is 9.92. The first-order valence-corrected chi connectivity index (χ1v) is 9.75. The van der Waals surface area contributed by atoms with Crippen LogP contribution in [-0.2, 0) is 11.3 Å². The van der Waals surface area contributed by atoms with Crippen molar-refractivity contribution in [2.24, 2.45) is 5.92 Å². The number of fused-ring (bicyclic) bond motifs is 1. The van der Waals surface area contributed by atoms with Gasteiger partial charge in [-0.2, -0.15) is 0 Å². The van der Waals surface area contributed by atoms with Crippen LogP contribution in [-0.4, -0.2) is 50.9 Å². The van der Waals surface area contributed by atoms with Crippen molar-refractivity contribution in [3.63, 3.8) is 0 Å². The maximum atomic E-state index is 13.4.